The van der Waals surface area contributed by atoms with E-state index in [4.69, 9.17) is 6.42 Å². The molecule has 0 aromatic carbocycles. The lowest BCUT2D eigenvalue weighted by Gasteiger charge is -2.01. The monoisotopic (exact) mass is 259 g/mol. The van der Waals surface area contributed by atoms with Gasteiger partial charge in [-0.2, -0.15) is 0 Å². The van der Waals surface area contributed by atoms with Crippen LogP contribution in [0.25, 0.3) is 0 Å². The molecule has 0 aliphatic heterocycles. The number of rotatable bonds is 2. The molecule has 0 radical (unpaired) electrons. The Morgan fingerprint density at radius 1 is 1.73 bits per heavy atom. The van der Waals surface area contributed by atoms with E-state index in [1.165, 1.54) is 6.33 Å². The summed E-state index contributed by atoms with van der Waals surface area (Å²) in [6, 6.07) is 0. The minimum atomic E-state index is 0.493. The number of terminal acetylenes is 1. The molecule has 0 atom stereocenters. The first-order chi connectivity index (χ1) is 5.34. The van der Waals surface area contributed by atoms with Gasteiger partial charge in [0.1, 0.15) is 12.1 Å². The van der Waals surface area contributed by atoms with Gasteiger partial charge in [-0.05, 0) is 22.6 Å². The van der Waals surface area contributed by atoms with E-state index < -0.39 is 0 Å². The summed E-state index contributed by atoms with van der Waals surface area (Å²) in [7, 11) is 0. The molecule has 0 unspecified atom stereocenters. The highest BCUT2D eigenvalue weighted by atomic mass is 127. The van der Waals surface area contributed by atoms with Crippen LogP contribution in [0.15, 0.2) is 12.5 Å². The van der Waals surface area contributed by atoms with Crippen molar-refractivity contribution in [3.05, 3.63) is 16.1 Å². The van der Waals surface area contributed by atoms with Crippen molar-refractivity contribution < 1.29 is 0 Å². The fraction of sp³-hybridized carbons (Fsp3) is 0.143. The van der Waals surface area contributed by atoms with E-state index in [1.54, 1.807) is 6.20 Å². The van der Waals surface area contributed by atoms with Crippen LogP contribution in [0.1, 0.15) is 0 Å². The van der Waals surface area contributed by atoms with Crippen molar-refractivity contribution in [2.75, 3.05) is 11.9 Å². The smallest absolute Gasteiger partial charge is 0.143 e. The van der Waals surface area contributed by atoms with Gasteiger partial charge in [0, 0.05) is 6.20 Å². The summed E-state index contributed by atoms with van der Waals surface area (Å²) in [5.74, 6) is 3.26. The normalized spacial score (nSPS) is 8.73. The van der Waals surface area contributed by atoms with Crippen molar-refractivity contribution in [3.8, 4) is 12.3 Å². The minimum Gasteiger partial charge on any atom is -0.358 e. The number of aromatic nitrogens is 2. The van der Waals surface area contributed by atoms with Crippen molar-refractivity contribution in [1.29, 1.82) is 0 Å². The van der Waals surface area contributed by atoms with E-state index in [2.05, 4.69) is 43.8 Å². The molecular weight excluding hydrogens is 253 g/mol. The topological polar surface area (TPSA) is 37.8 Å². The molecule has 1 rings (SSSR count). The van der Waals surface area contributed by atoms with E-state index in [0.29, 0.717) is 6.54 Å². The van der Waals surface area contributed by atoms with Crippen LogP contribution in [0.2, 0.25) is 0 Å². The van der Waals surface area contributed by atoms with Crippen LogP contribution >= 0.6 is 22.6 Å². The molecule has 0 spiro atoms. The maximum Gasteiger partial charge on any atom is 0.143 e. The van der Waals surface area contributed by atoms with Crippen LogP contribution in [-0.2, 0) is 0 Å². The van der Waals surface area contributed by atoms with Crippen LogP contribution in [-0.4, -0.2) is 16.5 Å². The lowest BCUT2D eigenvalue weighted by molar-refractivity contribution is 1.13. The Kier molecular flexibility index (Phi) is 3.11. The molecule has 0 amide bonds. The number of nitrogens with one attached hydrogen (secondary N) is 1. The lowest BCUT2D eigenvalue weighted by Crippen LogP contribution is -2.02. The Balaban J connectivity index is 2.71. The molecule has 1 aromatic rings. The van der Waals surface area contributed by atoms with Crippen molar-refractivity contribution in [3.63, 3.8) is 0 Å². The zero-order valence-electron chi connectivity index (χ0n) is 5.71. The molecule has 0 aliphatic rings. The molecule has 4 heteroatoms. The summed E-state index contributed by atoms with van der Waals surface area (Å²) in [5, 5.41) is 2.97. The van der Waals surface area contributed by atoms with Gasteiger partial charge in [-0.1, -0.05) is 5.92 Å². The first-order valence-corrected chi connectivity index (χ1v) is 4.05. The molecule has 0 fully saturated rings. The van der Waals surface area contributed by atoms with Crippen molar-refractivity contribution in [2.45, 2.75) is 0 Å². The van der Waals surface area contributed by atoms with Gasteiger partial charge in [0.2, 0.25) is 0 Å². The Morgan fingerprint density at radius 2 is 2.55 bits per heavy atom. The van der Waals surface area contributed by atoms with Gasteiger partial charge in [0.15, 0.2) is 0 Å². The fourth-order valence-corrected chi connectivity index (χ4v) is 1.07. The number of nitrogens with zero attached hydrogens (tertiary/aromatic N) is 2. The van der Waals surface area contributed by atoms with Gasteiger partial charge < -0.3 is 5.32 Å². The molecular formula is C7H6IN3. The van der Waals surface area contributed by atoms with E-state index >= 15 is 0 Å². The maximum atomic E-state index is 5.07. The summed E-state index contributed by atoms with van der Waals surface area (Å²) in [5.41, 5.74) is 0. The molecule has 0 bridgehead atoms. The Bertz CT molecular complexity index is 279. The van der Waals surface area contributed by atoms with E-state index in [1.807, 2.05) is 0 Å². The number of hydrogen-bond acceptors (Lipinski definition) is 3. The molecule has 3 nitrogen and oxygen atoms in total. The van der Waals surface area contributed by atoms with Gasteiger partial charge in [-0.25, -0.2) is 9.97 Å². The SMILES string of the molecule is C#CCNc1ncncc1I. The summed E-state index contributed by atoms with van der Waals surface area (Å²) >= 11 is 2.14. The highest BCUT2D eigenvalue weighted by Gasteiger charge is 1.96. The molecule has 0 saturated carbocycles. The van der Waals surface area contributed by atoms with Gasteiger partial charge in [0.05, 0.1) is 10.1 Å². The van der Waals surface area contributed by atoms with Crippen molar-refractivity contribution in [2.24, 2.45) is 0 Å². The van der Waals surface area contributed by atoms with Gasteiger partial charge in [0.25, 0.3) is 0 Å². The third-order valence-electron chi connectivity index (χ3n) is 1.03. The number of hydrogen-bond donors (Lipinski definition) is 1. The van der Waals surface area contributed by atoms with E-state index in [0.717, 1.165) is 9.39 Å². The summed E-state index contributed by atoms with van der Waals surface area (Å²) < 4.78 is 0.973. The Morgan fingerprint density at radius 3 is 3.18 bits per heavy atom. The van der Waals surface area contributed by atoms with Gasteiger partial charge in [-0.3, -0.25) is 0 Å². The summed E-state index contributed by atoms with van der Waals surface area (Å²) in [6.07, 6.45) is 8.28. The Hall–Kier alpha value is -0.830. The molecule has 0 saturated heterocycles. The van der Waals surface area contributed by atoms with Gasteiger partial charge >= 0.3 is 0 Å². The summed E-state index contributed by atoms with van der Waals surface area (Å²) in [4.78, 5) is 7.83. The average molecular weight is 259 g/mol. The quantitative estimate of drug-likeness (QED) is 0.639. The molecule has 0 aliphatic carbocycles. The predicted octanol–water partition coefficient (Wildman–Crippen LogP) is 1.13. The molecule has 11 heavy (non-hydrogen) atoms. The van der Waals surface area contributed by atoms with E-state index in [9.17, 15) is 0 Å². The van der Waals surface area contributed by atoms with Crippen LogP contribution in [0, 0.1) is 15.9 Å². The highest BCUT2D eigenvalue weighted by molar-refractivity contribution is 14.1. The largest absolute Gasteiger partial charge is 0.358 e. The second-order valence-corrected chi connectivity index (χ2v) is 2.94. The van der Waals surface area contributed by atoms with Crippen LogP contribution in [0.3, 0.4) is 0 Å². The standard InChI is InChI=1S/C7H6IN3/c1-2-3-10-7-6(8)4-9-5-11-7/h1,4-5H,3H2,(H,9,10,11). The fourth-order valence-electron chi connectivity index (χ4n) is 0.577. The van der Waals surface area contributed by atoms with Crippen LogP contribution in [0.4, 0.5) is 5.82 Å². The highest BCUT2D eigenvalue weighted by Crippen LogP contribution is 2.11. The molecule has 56 valence electrons. The molecule has 1 N–H and O–H groups in total. The maximum absolute atomic E-state index is 5.07. The molecule has 1 heterocycles. The van der Waals surface area contributed by atoms with Crippen LogP contribution < -0.4 is 5.32 Å². The third-order valence-corrected chi connectivity index (χ3v) is 1.81. The van der Waals surface area contributed by atoms with Crippen molar-refractivity contribution >= 4 is 28.4 Å². The third kappa shape index (κ3) is 2.35. The number of anilines is 1. The average Bonchev–Trinajstić information content (AvgIpc) is 2.03. The summed E-state index contributed by atoms with van der Waals surface area (Å²) in [6.45, 7) is 0.493. The zero-order valence-corrected chi connectivity index (χ0v) is 7.87. The van der Waals surface area contributed by atoms with Gasteiger partial charge in [-0.15, -0.1) is 6.42 Å². The van der Waals surface area contributed by atoms with Crippen molar-refractivity contribution in [1.82, 2.24) is 9.97 Å². The first kappa shape index (κ1) is 8.27. The lowest BCUT2D eigenvalue weighted by atomic mass is 10.5. The minimum absolute atomic E-state index is 0.493. The molecule has 1 aromatic heterocycles. The first-order valence-electron chi connectivity index (χ1n) is 2.97. The second-order valence-electron chi connectivity index (χ2n) is 1.78. The van der Waals surface area contributed by atoms with E-state index in [-0.39, 0.29) is 0 Å². The number of halogens is 1. The Labute approximate surface area is 78.8 Å². The second kappa shape index (κ2) is 4.13. The van der Waals surface area contributed by atoms with Crippen LogP contribution in [0.5, 0.6) is 0 Å². The predicted molar refractivity (Wildman–Crippen MR) is 52.1 cm³/mol. The zero-order chi connectivity index (χ0) is 8.10.